The molecule has 2 rings (SSSR count). The molecule has 2 N–H and O–H groups in total. The third-order valence-electron chi connectivity index (χ3n) is 5.36. The van der Waals surface area contributed by atoms with Crippen LogP contribution < -0.4 is 5.73 Å². The van der Waals surface area contributed by atoms with Crippen LogP contribution in [0.2, 0.25) is 0 Å². The van der Waals surface area contributed by atoms with E-state index in [0.29, 0.717) is 0 Å². The molecule has 3 heteroatoms. The molecule has 3 nitrogen and oxygen atoms in total. The topological polar surface area (TPSA) is 32.5 Å². The van der Waals surface area contributed by atoms with Gasteiger partial charge in [0.2, 0.25) is 0 Å². The normalized spacial score (nSPS) is 25.9. The smallest absolute Gasteiger partial charge is 0.0275 e. The zero-order valence-corrected chi connectivity index (χ0v) is 13.2. The summed E-state index contributed by atoms with van der Waals surface area (Å²) in [5, 5.41) is 0. The van der Waals surface area contributed by atoms with Crippen LogP contribution in [0, 0.1) is 11.8 Å². The van der Waals surface area contributed by atoms with Gasteiger partial charge in [-0.1, -0.05) is 6.92 Å². The Labute approximate surface area is 119 Å². The van der Waals surface area contributed by atoms with Gasteiger partial charge in [0.05, 0.1) is 0 Å². The molecule has 2 heterocycles. The molecule has 2 fully saturated rings. The van der Waals surface area contributed by atoms with E-state index in [-0.39, 0.29) is 5.54 Å². The summed E-state index contributed by atoms with van der Waals surface area (Å²) in [4.78, 5) is 5.29. The fourth-order valence-electron chi connectivity index (χ4n) is 3.46. The lowest BCUT2D eigenvalue weighted by molar-refractivity contribution is 0.0632. The summed E-state index contributed by atoms with van der Waals surface area (Å²) in [5.74, 6) is 1.86. The van der Waals surface area contributed by atoms with Crippen LogP contribution in [0.15, 0.2) is 0 Å². The zero-order valence-electron chi connectivity index (χ0n) is 13.2. The van der Waals surface area contributed by atoms with Gasteiger partial charge in [-0.3, -0.25) is 4.90 Å². The fraction of sp³-hybridized carbons (Fsp3) is 1.00. The minimum absolute atomic E-state index is 0.186. The minimum atomic E-state index is 0.186. The van der Waals surface area contributed by atoms with Crippen LogP contribution in [-0.4, -0.2) is 54.6 Å². The summed E-state index contributed by atoms with van der Waals surface area (Å²) in [6.07, 6.45) is 5.52. The number of hydrogen-bond donors (Lipinski definition) is 1. The average molecular weight is 267 g/mol. The van der Waals surface area contributed by atoms with Gasteiger partial charge in [-0.2, -0.15) is 0 Å². The highest BCUT2D eigenvalue weighted by Crippen LogP contribution is 2.25. The molecular weight excluding hydrogens is 234 g/mol. The summed E-state index contributed by atoms with van der Waals surface area (Å²) < 4.78 is 0. The maximum atomic E-state index is 5.88. The van der Waals surface area contributed by atoms with E-state index in [1.165, 1.54) is 58.4 Å². The molecule has 2 aliphatic rings. The van der Waals surface area contributed by atoms with Gasteiger partial charge in [0.1, 0.15) is 0 Å². The van der Waals surface area contributed by atoms with Crippen molar-refractivity contribution in [2.24, 2.45) is 17.6 Å². The lowest BCUT2D eigenvalue weighted by atomic mass is 9.90. The van der Waals surface area contributed by atoms with Crippen molar-refractivity contribution < 1.29 is 0 Å². The Morgan fingerprint density at radius 3 is 2.11 bits per heavy atom. The highest BCUT2D eigenvalue weighted by molar-refractivity contribution is 4.87. The molecule has 0 spiro atoms. The minimum Gasteiger partial charge on any atom is -0.329 e. The average Bonchev–Trinajstić information content (AvgIpc) is 2.42. The maximum Gasteiger partial charge on any atom is 0.0275 e. The molecule has 2 saturated heterocycles. The van der Waals surface area contributed by atoms with Crippen molar-refractivity contribution >= 4 is 0 Å². The Hall–Kier alpha value is -0.120. The monoisotopic (exact) mass is 267 g/mol. The molecule has 0 bridgehead atoms. The fourth-order valence-corrected chi connectivity index (χ4v) is 3.46. The lowest BCUT2D eigenvalue weighted by Crippen LogP contribution is -2.53. The van der Waals surface area contributed by atoms with Crippen LogP contribution in [-0.2, 0) is 0 Å². The molecule has 0 unspecified atom stereocenters. The number of nitrogens with zero attached hydrogens (tertiary/aromatic N) is 2. The Bertz CT molecular complexity index is 261. The number of likely N-dealkylation sites (tertiary alicyclic amines) is 2. The Morgan fingerprint density at radius 2 is 1.58 bits per heavy atom. The molecule has 112 valence electrons. The van der Waals surface area contributed by atoms with E-state index in [9.17, 15) is 0 Å². The molecule has 2 aliphatic heterocycles. The van der Waals surface area contributed by atoms with Gasteiger partial charge < -0.3 is 10.6 Å². The van der Waals surface area contributed by atoms with Gasteiger partial charge in [0.15, 0.2) is 0 Å². The number of piperidine rings is 2. The van der Waals surface area contributed by atoms with E-state index < -0.39 is 0 Å². The first-order valence-electron chi connectivity index (χ1n) is 8.19. The van der Waals surface area contributed by atoms with Crippen molar-refractivity contribution in [3.63, 3.8) is 0 Å². The van der Waals surface area contributed by atoms with Crippen molar-refractivity contribution in [2.75, 3.05) is 39.3 Å². The quantitative estimate of drug-likeness (QED) is 0.847. The molecule has 19 heavy (non-hydrogen) atoms. The van der Waals surface area contributed by atoms with Gasteiger partial charge in [-0.25, -0.2) is 0 Å². The first kappa shape index (κ1) is 15.3. The van der Waals surface area contributed by atoms with Crippen LogP contribution in [0.25, 0.3) is 0 Å². The molecule has 0 radical (unpaired) electrons. The van der Waals surface area contributed by atoms with E-state index in [4.69, 9.17) is 5.73 Å². The van der Waals surface area contributed by atoms with Gasteiger partial charge >= 0.3 is 0 Å². The summed E-state index contributed by atoms with van der Waals surface area (Å²) >= 11 is 0. The van der Waals surface area contributed by atoms with Crippen LogP contribution in [0.5, 0.6) is 0 Å². The van der Waals surface area contributed by atoms with Crippen molar-refractivity contribution in [2.45, 2.75) is 52.0 Å². The molecule has 0 amide bonds. The van der Waals surface area contributed by atoms with Gasteiger partial charge in [0.25, 0.3) is 0 Å². The molecule has 0 aliphatic carbocycles. The highest BCUT2D eigenvalue weighted by Gasteiger charge is 2.30. The molecule has 0 aromatic carbocycles. The summed E-state index contributed by atoms with van der Waals surface area (Å²) in [7, 11) is 0. The molecule has 0 aromatic heterocycles. The second kappa shape index (κ2) is 6.55. The van der Waals surface area contributed by atoms with Crippen LogP contribution in [0.1, 0.15) is 46.5 Å². The Balaban J connectivity index is 1.72. The van der Waals surface area contributed by atoms with Crippen molar-refractivity contribution in [3.05, 3.63) is 0 Å². The van der Waals surface area contributed by atoms with Crippen LogP contribution in [0.3, 0.4) is 0 Å². The second-order valence-corrected chi connectivity index (χ2v) is 7.43. The van der Waals surface area contributed by atoms with Gasteiger partial charge in [-0.15, -0.1) is 0 Å². The first-order valence-corrected chi connectivity index (χ1v) is 8.19. The SMILES string of the molecule is CC1CCN(CC2CCN(C(C)(C)CN)CC2)CC1. The van der Waals surface area contributed by atoms with E-state index in [1.807, 2.05) is 0 Å². The molecule has 0 atom stereocenters. The standard InChI is InChI=1S/C16H33N3/c1-14-4-8-18(9-5-14)12-15-6-10-19(11-7-15)16(2,3)13-17/h14-15H,4-13,17H2,1-3H3. The van der Waals surface area contributed by atoms with Crippen molar-refractivity contribution in [1.29, 1.82) is 0 Å². The highest BCUT2D eigenvalue weighted by atomic mass is 15.2. The number of hydrogen-bond acceptors (Lipinski definition) is 3. The third kappa shape index (κ3) is 4.17. The van der Waals surface area contributed by atoms with E-state index in [2.05, 4.69) is 30.6 Å². The number of nitrogens with two attached hydrogens (primary N) is 1. The largest absolute Gasteiger partial charge is 0.329 e. The van der Waals surface area contributed by atoms with Gasteiger partial charge in [0, 0.05) is 18.6 Å². The van der Waals surface area contributed by atoms with Crippen LogP contribution in [0.4, 0.5) is 0 Å². The third-order valence-corrected chi connectivity index (χ3v) is 5.36. The first-order chi connectivity index (χ1) is 9.01. The van der Waals surface area contributed by atoms with E-state index in [0.717, 1.165) is 18.4 Å². The van der Waals surface area contributed by atoms with Gasteiger partial charge in [-0.05, 0) is 77.5 Å². The summed E-state index contributed by atoms with van der Waals surface area (Å²) in [6, 6.07) is 0. The predicted molar refractivity (Wildman–Crippen MR) is 82.3 cm³/mol. The van der Waals surface area contributed by atoms with E-state index in [1.54, 1.807) is 0 Å². The second-order valence-electron chi connectivity index (χ2n) is 7.43. The van der Waals surface area contributed by atoms with Crippen molar-refractivity contribution in [1.82, 2.24) is 9.80 Å². The Kier molecular flexibility index (Phi) is 5.27. The molecule has 0 aromatic rings. The molecular formula is C16H33N3. The van der Waals surface area contributed by atoms with E-state index >= 15 is 0 Å². The van der Waals surface area contributed by atoms with Crippen LogP contribution >= 0.6 is 0 Å². The summed E-state index contributed by atoms with van der Waals surface area (Å²) in [5.41, 5.74) is 6.07. The zero-order chi connectivity index (χ0) is 13.9. The lowest BCUT2D eigenvalue weighted by Gasteiger charge is -2.43. The molecule has 0 saturated carbocycles. The predicted octanol–water partition coefficient (Wildman–Crippen LogP) is 2.17. The Morgan fingerprint density at radius 1 is 1.00 bits per heavy atom. The number of rotatable bonds is 4. The maximum absolute atomic E-state index is 5.88. The summed E-state index contributed by atoms with van der Waals surface area (Å²) in [6.45, 7) is 14.2. The van der Waals surface area contributed by atoms with Crippen molar-refractivity contribution in [3.8, 4) is 0 Å².